The Balaban J connectivity index is 2.09. The number of hydrogen-bond acceptors (Lipinski definition) is 4. The summed E-state index contributed by atoms with van der Waals surface area (Å²) in [6.07, 6.45) is 2.11. The van der Waals surface area contributed by atoms with Crippen LogP contribution in [0.3, 0.4) is 0 Å². The molecule has 1 fully saturated rings. The third-order valence-electron chi connectivity index (χ3n) is 4.22. The fraction of sp³-hybridized carbons (Fsp3) is 0.471. The van der Waals surface area contributed by atoms with Gasteiger partial charge in [0.15, 0.2) is 5.78 Å². The summed E-state index contributed by atoms with van der Waals surface area (Å²) in [4.78, 5) is 34.9. The molecule has 1 aliphatic rings. The predicted molar refractivity (Wildman–Crippen MR) is 83.6 cm³/mol. The van der Waals surface area contributed by atoms with E-state index in [1.54, 1.807) is 18.2 Å². The number of carboxylic acids is 1. The second kappa shape index (κ2) is 7.26. The Morgan fingerprint density at radius 3 is 2.65 bits per heavy atom. The van der Waals surface area contributed by atoms with E-state index >= 15 is 0 Å². The smallest absolute Gasteiger partial charge is 0.308 e. The van der Waals surface area contributed by atoms with Crippen molar-refractivity contribution in [3.05, 3.63) is 29.3 Å². The molecule has 0 unspecified atom stereocenters. The summed E-state index contributed by atoms with van der Waals surface area (Å²) < 4.78 is 5.22. The summed E-state index contributed by atoms with van der Waals surface area (Å²) in [7, 11) is 1.50. The van der Waals surface area contributed by atoms with Crippen LogP contribution in [0.1, 0.15) is 42.1 Å². The first-order valence-electron chi connectivity index (χ1n) is 7.62. The third-order valence-corrected chi connectivity index (χ3v) is 4.22. The molecule has 23 heavy (non-hydrogen) atoms. The Kier molecular flexibility index (Phi) is 5.36. The Labute approximate surface area is 134 Å². The first-order valence-corrected chi connectivity index (χ1v) is 7.62. The van der Waals surface area contributed by atoms with Crippen molar-refractivity contribution in [2.45, 2.75) is 38.6 Å². The van der Waals surface area contributed by atoms with Crippen LogP contribution in [-0.2, 0) is 16.0 Å². The van der Waals surface area contributed by atoms with E-state index in [-0.39, 0.29) is 24.2 Å². The molecular formula is C17H21NO5. The summed E-state index contributed by atoms with van der Waals surface area (Å²) in [5.41, 5.74) is 1.13. The Bertz CT molecular complexity index is 625. The van der Waals surface area contributed by atoms with E-state index in [1.165, 1.54) is 14.0 Å². The van der Waals surface area contributed by atoms with Gasteiger partial charge in [-0.1, -0.05) is 6.42 Å². The van der Waals surface area contributed by atoms with Crippen LogP contribution in [0.25, 0.3) is 0 Å². The molecule has 1 aromatic carbocycles. The molecule has 2 rings (SSSR count). The third kappa shape index (κ3) is 4.09. The molecule has 1 saturated carbocycles. The summed E-state index contributed by atoms with van der Waals surface area (Å²) >= 11 is 0. The average molecular weight is 319 g/mol. The van der Waals surface area contributed by atoms with Gasteiger partial charge in [0.25, 0.3) is 0 Å². The molecule has 0 bridgehead atoms. The number of carbonyl (C=O) groups is 3. The highest BCUT2D eigenvalue weighted by atomic mass is 16.5. The highest BCUT2D eigenvalue weighted by Gasteiger charge is 2.33. The number of amides is 1. The highest BCUT2D eigenvalue weighted by Crippen LogP contribution is 2.26. The van der Waals surface area contributed by atoms with Crippen molar-refractivity contribution in [3.63, 3.8) is 0 Å². The van der Waals surface area contributed by atoms with Gasteiger partial charge in [-0.2, -0.15) is 0 Å². The number of carbonyl (C=O) groups excluding carboxylic acids is 2. The van der Waals surface area contributed by atoms with Gasteiger partial charge in [0.1, 0.15) is 5.75 Å². The van der Waals surface area contributed by atoms with Crippen LogP contribution in [0.5, 0.6) is 5.75 Å². The zero-order valence-corrected chi connectivity index (χ0v) is 13.3. The van der Waals surface area contributed by atoms with E-state index in [1.807, 2.05) is 0 Å². The van der Waals surface area contributed by atoms with Gasteiger partial charge in [-0.15, -0.1) is 0 Å². The number of methoxy groups -OCH3 is 1. The molecule has 6 nitrogen and oxygen atoms in total. The largest absolute Gasteiger partial charge is 0.496 e. The lowest BCUT2D eigenvalue weighted by Gasteiger charge is -2.18. The van der Waals surface area contributed by atoms with Crippen molar-refractivity contribution in [3.8, 4) is 5.75 Å². The summed E-state index contributed by atoms with van der Waals surface area (Å²) in [6.45, 7) is 1.46. The molecule has 1 aromatic rings. The number of hydrogen-bond donors (Lipinski definition) is 2. The molecule has 2 N–H and O–H groups in total. The quantitative estimate of drug-likeness (QED) is 0.780. The number of nitrogens with one attached hydrogen (secondary N) is 1. The van der Waals surface area contributed by atoms with Gasteiger partial charge in [-0.25, -0.2) is 0 Å². The summed E-state index contributed by atoms with van der Waals surface area (Å²) in [5, 5.41) is 12.0. The second-order valence-electron chi connectivity index (χ2n) is 5.81. The van der Waals surface area contributed by atoms with Gasteiger partial charge >= 0.3 is 5.97 Å². The Morgan fingerprint density at radius 2 is 2.04 bits per heavy atom. The van der Waals surface area contributed by atoms with E-state index in [9.17, 15) is 14.4 Å². The zero-order valence-electron chi connectivity index (χ0n) is 13.3. The van der Waals surface area contributed by atoms with Crippen molar-refractivity contribution < 1.29 is 24.2 Å². The summed E-state index contributed by atoms with van der Waals surface area (Å²) in [5.74, 6) is -1.21. The van der Waals surface area contributed by atoms with Crippen LogP contribution < -0.4 is 10.1 Å². The van der Waals surface area contributed by atoms with E-state index < -0.39 is 11.9 Å². The standard InChI is InChI=1S/C17H21NO5/c1-10(19)11-6-7-15(23-2)12(8-11)9-16(20)18-14-5-3-4-13(14)17(21)22/h6-8,13-14H,3-5,9H2,1-2H3,(H,18,20)(H,21,22)/t13-,14+/m0/s1. The highest BCUT2D eigenvalue weighted by molar-refractivity contribution is 5.94. The Hall–Kier alpha value is -2.37. The van der Waals surface area contributed by atoms with Gasteiger partial charge in [-0.3, -0.25) is 14.4 Å². The molecule has 0 radical (unpaired) electrons. The van der Waals surface area contributed by atoms with Crippen molar-refractivity contribution in [1.29, 1.82) is 0 Å². The lowest BCUT2D eigenvalue weighted by molar-refractivity contribution is -0.142. The molecule has 2 atom stereocenters. The van der Waals surface area contributed by atoms with E-state index in [0.29, 0.717) is 29.7 Å². The van der Waals surface area contributed by atoms with Gasteiger partial charge in [-0.05, 0) is 38.0 Å². The van der Waals surface area contributed by atoms with Crippen LogP contribution >= 0.6 is 0 Å². The van der Waals surface area contributed by atoms with Crippen molar-refractivity contribution in [2.24, 2.45) is 5.92 Å². The SMILES string of the molecule is COc1ccc(C(C)=O)cc1CC(=O)N[C@@H]1CCC[C@@H]1C(=O)O. The first kappa shape index (κ1) is 17.0. The van der Waals surface area contributed by atoms with Gasteiger partial charge in [0.05, 0.1) is 19.4 Å². The lowest BCUT2D eigenvalue weighted by Crippen LogP contribution is -2.40. The molecule has 6 heteroatoms. The topological polar surface area (TPSA) is 92.7 Å². The molecule has 0 aliphatic heterocycles. The Morgan fingerprint density at radius 1 is 1.30 bits per heavy atom. The maximum Gasteiger partial charge on any atom is 0.308 e. The lowest BCUT2D eigenvalue weighted by atomic mass is 10.0. The molecule has 0 heterocycles. The molecule has 0 saturated heterocycles. The van der Waals surface area contributed by atoms with Gasteiger partial charge < -0.3 is 15.2 Å². The van der Waals surface area contributed by atoms with Crippen molar-refractivity contribution in [1.82, 2.24) is 5.32 Å². The van der Waals surface area contributed by atoms with Crippen molar-refractivity contribution >= 4 is 17.7 Å². The maximum atomic E-state index is 12.2. The minimum Gasteiger partial charge on any atom is -0.496 e. The van der Waals surface area contributed by atoms with Crippen LogP contribution in [0.4, 0.5) is 0 Å². The zero-order chi connectivity index (χ0) is 17.0. The number of carboxylic acid groups (broad SMARTS) is 1. The fourth-order valence-corrected chi connectivity index (χ4v) is 2.99. The average Bonchev–Trinajstić information content (AvgIpc) is 2.95. The number of ketones is 1. The van der Waals surface area contributed by atoms with Crippen LogP contribution in [0.2, 0.25) is 0 Å². The number of rotatable bonds is 6. The monoisotopic (exact) mass is 319 g/mol. The molecule has 1 amide bonds. The van der Waals surface area contributed by atoms with Crippen LogP contribution in [0.15, 0.2) is 18.2 Å². The fourth-order valence-electron chi connectivity index (χ4n) is 2.99. The van der Waals surface area contributed by atoms with Crippen molar-refractivity contribution in [2.75, 3.05) is 7.11 Å². The molecule has 1 aliphatic carbocycles. The maximum absolute atomic E-state index is 12.2. The second-order valence-corrected chi connectivity index (χ2v) is 5.81. The number of ether oxygens (including phenoxy) is 1. The van der Waals surface area contributed by atoms with Crippen LogP contribution in [-0.4, -0.2) is 35.9 Å². The van der Waals surface area contributed by atoms with Gasteiger partial charge in [0.2, 0.25) is 5.91 Å². The molecule has 0 spiro atoms. The minimum absolute atomic E-state index is 0.0487. The number of benzene rings is 1. The molecule has 124 valence electrons. The summed E-state index contributed by atoms with van der Waals surface area (Å²) in [6, 6.07) is 4.63. The van der Waals surface area contributed by atoms with E-state index in [0.717, 1.165) is 6.42 Å². The number of aliphatic carboxylic acids is 1. The number of Topliss-reactive ketones (excluding diaryl/α,β-unsaturated/α-hetero) is 1. The molecular weight excluding hydrogens is 298 g/mol. The first-order chi connectivity index (χ1) is 10.9. The molecule has 0 aromatic heterocycles. The van der Waals surface area contributed by atoms with E-state index in [2.05, 4.69) is 5.32 Å². The minimum atomic E-state index is -0.871. The van der Waals surface area contributed by atoms with E-state index in [4.69, 9.17) is 9.84 Å². The van der Waals surface area contributed by atoms with Crippen LogP contribution in [0, 0.1) is 5.92 Å². The normalized spacial score (nSPS) is 20.1. The van der Waals surface area contributed by atoms with Gasteiger partial charge in [0, 0.05) is 17.2 Å². The predicted octanol–water partition coefficient (Wildman–Crippen LogP) is 1.81.